The van der Waals surface area contributed by atoms with Crippen molar-refractivity contribution in [3.63, 3.8) is 0 Å². The van der Waals surface area contributed by atoms with Crippen LogP contribution in [0, 0.1) is 0 Å². The molecule has 0 aliphatic carbocycles. The molecule has 0 N–H and O–H groups in total. The van der Waals surface area contributed by atoms with Crippen LogP contribution in [0.4, 0.5) is 0 Å². The van der Waals surface area contributed by atoms with E-state index in [9.17, 15) is 0 Å². The van der Waals surface area contributed by atoms with Gasteiger partial charge in [-0.3, -0.25) is 0 Å². The number of rotatable bonds is 5. The van der Waals surface area contributed by atoms with Crippen LogP contribution in [-0.4, -0.2) is 21.3 Å². The third-order valence-corrected chi connectivity index (χ3v) is 2.25. The summed E-state index contributed by atoms with van der Waals surface area (Å²) in [7, 11) is 4.79. The lowest BCUT2D eigenvalue weighted by Crippen LogP contribution is -1.95. The summed E-state index contributed by atoms with van der Waals surface area (Å²) in [5, 5.41) is 0. The van der Waals surface area contributed by atoms with E-state index in [0.717, 1.165) is 11.1 Å². The van der Waals surface area contributed by atoms with Crippen molar-refractivity contribution in [3.8, 4) is 17.2 Å². The lowest BCUT2D eigenvalue weighted by Gasteiger charge is -2.12. The summed E-state index contributed by atoms with van der Waals surface area (Å²) < 4.78 is 15.8. The van der Waals surface area contributed by atoms with E-state index in [1.165, 1.54) is 0 Å². The first kappa shape index (κ1) is 13.2. The van der Waals surface area contributed by atoms with Gasteiger partial charge in [0.2, 0.25) is 5.75 Å². The fourth-order valence-corrected chi connectivity index (χ4v) is 1.44. The summed E-state index contributed by atoms with van der Waals surface area (Å²) in [6.45, 7) is 5.75. The smallest absolute Gasteiger partial charge is 0.203 e. The van der Waals surface area contributed by atoms with Gasteiger partial charge in [-0.2, -0.15) is 0 Å². The van der Waals surface area contributed by atoms with E-state index in [-0.39, 0.29) is 0 Å². The SMILES string of the molecule is C=C(C)/C=C\c1cc(OC)c(OC)c(OC)c1. The molecule has 92 valence electrons. The largest absolute Gasteiger partial charge is 0.493 e. The predicted octanol–water partition coefficient (Wildman–Crippen LogP) is 3.30. The van der Waals surface area contributed by atoms with Crippen LogP contribution in [0.5, 0.6) is 17.2 Å². The van der Waals surface area contributed by atoms with Crippen molar-refractivity contribution in [1.29, 1.82) is 0 Å². The van der Waals surface area contributed by atoms with Crippen molar-refractivity contribution in [2.24, 2.45) is 0 Å². The molecule has 0 unspecified atom stereocenters. The molecule has 3 nitrogen and oxygen atoms in total. The lowest BCUT2D eigenvalue weighted by molar-refractivity contribution is 0.324. The molecule has 0 aliphatic rings. The van der Waals surface area contributed by atoms with Crippen LogP contribution in [0.15, 0.2) is 30.4 Å². The van der Waals surface area contributed by atoms with E-state index >= 15 is 0 Å². The maximum Gasteiger partial charge on any atom is 0.203 e. The Labute approximate surface area is 102 Å². The minimum Gasteiger partial charge on any atom is -0.493 e. The van der Waals surface area contributed by atoms with Gasteiger partial charge in [-0.1, -0.05) is 24.3 Å². The molecule has 0 saturated carbocycles. The molecule has 0 saturated heterocycles. The first-order valence-electron chi connectivity index (χ1n) is 5.26. The number of allylic oxidation sites excluding steroid dienone is 2. The van der Waals surface area contributed by atoms with Crippen LogP contribution >= 0.6 is 0 Å². The Kier molecular flexibility index (Phi) is 4.64. The van der Waals surface area contributed by atoms with Crippen molar-refractivity contribution >= 4 is 6.08 Å². The molecule has 1 aromatic carbocycles. The Hall–Kier alpha value is -1.90. The number of methoxy groups -OCH3 is 3. The average Bonchev–Trinajstić information content (AvgIpc) is 2.34. The van der Waals surface area contributed by atoms with Gasteiger partial charge in [-0.15, -0.1) is 0 Å². The quantitative estimate of drug-likeness (QED) is 0.731. The Morgan fingerprint density at radius 3 is 1.94 bits per heavy atom. The van der Waals surface area contributed by atoms with E-state index in [1.54, 1.807) is 21.3 Å². The van der Waals surface area contributed by atoms with E-state index in [0.29, 0.717) is 17.2 Å². The Balaban J connectivity index is 3.22. The molecule has 17 heavy (non-hydrogen) atoms. The van der Waals surface area contributed by atoms with Gasteiger partial charge < -0.3 is 14.2 Å². The van der Waals surface area contributed by atoms with Gasteiger partial charge in [0.05, 0.1) is 21.3 Å². The van der Waals surface area contributed by atoms with Gasteiger partial charge in [0.25, 0.3) is 0 Å². The van der Waals surface area contributed by atoms with Crippen molar-refractivity contribution in [1.82, 2.24) is 0 Å². The first-order chi connectivity index (χ1) is 8.12. The second kappa shape index (κ2) is 5.99. The number of benzene rings is 1. The lowest BCUT2D eigenvalue weighted by atomic mass is 10.1. The Morgan fingerprint density at radius 2 is 1.59 bits per heavy atom. The second-order valence-corrected chi connectivity index (χ2v) is 3.64. The summed E-state index contributed by atoms with van der Waals surface area (Å²) in [6.07, 6.45) is 3.88. The van der Waals surface area contributed by atoms with Crippen LogP contribution in [-0.2, 0) is 0 Å². The normalized spacial score (nSPS) is 10.4. The third-order valence-electron chi connectivity index (χ3n) is 2.25. The van der Waals surface area contributed by atoms with Crippen LogP contribution in [0.1, 0.15) is 12.5 Å². The summed E-state index contributed by atoms with van der Waals surface area (Å²) in [4.78, 5) is 0. The van der Waals surface area contributed by atoms with Crippen molar-refractivity contribution in [2.45, 2.75) is 6.92 Å². The second-order valence-electron chi connectivity index (χ2n) is 3.64. The standard InChI is InChI=1S/C14H18O3/c1-10(2)6-7-11-8-12(15-3)14(17-5)13(9-11)16-4/h6-9H,1H2,2-5H3/b7-6-. The van der Waals surface area contributed by atoms with E-state index in [4.69, 9.17) is 14.2 Å². The highest BCUT2D eigenvalue weighted by atomic mass is 16.5. The highest BCUT2D eigenvalue weighted by molar-refractivity contribution is 5.63. The predicted molar refractivity (Wildman–Crippen MR) is 69.9 cm³/mol. The first-order valence-corrected chi connectivity index (χ1v) is 5.26. The Morgan fingerprint density at radius 1 is 1.06 bits per heavy atom. The summed E-state index contributed by atoms with van der Waals surface area (Å²) in [5.41, 5.74) is 1.96. The van der Waals surface area contributed by atoms with Gasteiger partial charge in [0.1, 0.15) is 0 Å². The van der Waals surface area contributed by atoms with E-state index in [2.05, 4.69) is 6.58 Å². The van der Waals surface area contributed by atoms with E-state index < -0.39 is 0 Å². The van der Waals surface area contributed by atoms with E-state index in [1.807, 2.05) is 31.2 Å². The topological polar surface area (TPSA) is 27.7 Å². The van der Waals surface area contributed by atoms with Gasteiger partial charge in [-0.05, 0) is 24.6 Å². The van der Waals surface area contributed by atoms with Gasteiger partial charge in [0.15, 0.2) is 11.5 Å². The maximum atomic E-state index is 5.26. The molecule has 0 heterocycles. The number of ether oxygens (including phenoxy) is 3. The highest BCUT2D eigenvalue weighted by Crippen LogP contribution is 2.38. The molecule has 0 spiro atoms. The van der Waals surface area contributed by atoms with Crippen LogP contribution in [0.25, 0.3) is 6.08 Å². The van der Waals surface area contributed by atoms with Crippen molar-refractivity contribution in [3.05, 3.63) is 35.9 Å². The molecular formula is C14H18O3. The molecule has 1 rings (SSSR count). The molecule has 1 aromatic rings. The average molecular weight is 234 g/mol. The molecule has 0 radical (unpaired) electrons. The molecular weight excluding hydrogens is 216 g/mol. The van der Waals surface area contributed by atoms with Crippen LogP contribution in [0.3, 0.4) is 0 Å². The monoisotopic (exact) mass is 234 g/mol. The van der Waals surface area contributed by atoms with Gasteiger partial charge >= 0.3 is 0 Å². The summed E-state index contributed by atoms with van der Waals surface area (Å²) in [6, 6.07) is 3.78. The summed E-state index contributed by atoms with van der Waals surface area (Å²) in [5.74, 6) is 1.89. The van der Waals surface area contributed by atoms with Crippen LogP contribution in [0.2, 0.25) is 0 Å². The molecule has 0 amide bonds. The third kappa shape index (κ3) is 3.28. The van der Waals surface area contributed by atoms with Crippen molar-refractivity contribution < 1.29 is 14.2 Å². The zero-order chi connectivity index (χ0) is 12.8. The summed E-state index contributed by atoms with van der Waals surface area (Å²) >= 11 is 0. The molecule has 0 bridgehead atoms. The van der Waals surface area contributed by atoms with Gasteiger partial charge in [-0.25, -0.2) is 0 Å². The molecule has 0 aromatic heterocycles. The minimum absolute atomic E-state index is 0.600. The molecule has 0 fully saturated rings. The molecule has 3 heteroatoms. The highest BCUT2D eigenvalue weighted by Gasteiger charge is 2.11. The van der Waals surface area contributed by atoms with Gasteiger partial charge in [0, 0.05) is 0 Å². The van der Waals surface area contributed by atoms with Crippen LogP contribution < -0.4 is 14.2 Å². The minimum atomic E-state index is 0.600. The zero-order valence-corrected chi connectivity index (χ0v) is 10.7. The number of hydrogen-bond acceptors (Lipinski definition) is 3. The fraction of sp³-hybridized carbons (Fsp3) is 0.286. The maximum absolute atomic E-state index is 5.26. The van der Waals surface area contributed by atoms with Crippen molar-refractivity contribution in [2.75, 3.05) is 21.3 Å². The molecule has 0 aliphatic heterocycles. The zero-order valence-electron chi connectivity index (χ0n) is 10.7. The Bertz CT molecular complexity index is 408. The number of hydrogen-bond donors (Lipinski definition) is 0. The molecule has 0 atom stereocenters. The fourth-order valence-electron chi connectivity index (χ4n) is 1.44.